The van der Waals surface area contributed by atoms with E-state index in [4.69, 9.17) is 10.5 Å². The number of hydrogen-bond acceptors (Lipinski definition) is 2. The highest BCUT2D eigenvalue weighted by atomic mass is 16.5. The molecule has 0 saturated carbocycles. The van der Waals surface area contributed by atoms with Gasteiger partial charge < -0.3 is 10.5 Å². The average Bonchev–Trinajstić information content (AvgIpc) is 2.48. The highest BCUT2D eigenvalue weighted by Gasteiger charge is 2.18. The van der Waals surface area contributed by atoms with Crippen LogP contribution in [0.15, 0.2) is 66.8 Å². The lowest BCUT2D eigenvalue weighted by Gasteiger charge is -2.23. The van der Waals surface area contributed by atoms with Crippen LogP contribution < -0.4 is 5.73 Å². The van der Waals surface area contributed by atoms with Crippen molar-refractivity contribution in [1.29, 1.82) is 0 Å². The Morgan fingerprint density at radius 2 is 2.00 bits per heavy atom. The maximum absolute atomic E-state index is 5.94. The first-order chi connectivity index (χ1) is 9.80. The first-order valence-corrected chi connectivity index (χ1v) is 6.86. The maximum atomic E-state index is 5.94. The van der Waals surface area contributed by atoms with Crippen LogP contribution in [-0.2, 0) is 4.74 Å². The molecule has 2 nitrogen and oxygen atoms in total. The van der Waals surface area contributed by atoms with E-state index in [9.17, 15) is 0 Å². The van der Waals surface area contributed by atoms with Gasteiger partial charge in [-0.1, -0.05) is 61.7 Å². The predicted octanol–water partition coefficient (Wildman–Crippen LogP) is 3.79. The van der Waals surface area contributed by atoms with Gasteiger partial charge in [-0.2, -0.15) is 0 Å². The second-order valence-corrected chi connectivity index (χ2v) is 4.70. The molecule has 2 N–H and O–H groups in total. The molecule has 0 radical (unpaired) electrons. The van der Waals surface area contributed by atoms with Crippen LogP contribution in [0.5, 0.6) is 0 Å². The molecule has 1 atom stereocenters. The highest BCUT2D eigenvalue weighted by Crippen LogP contribution is 2.32. The summed E-state index contributed by atoms with van der Waals surface area (Å²) in [5.74, 6) is 0. The van der Waals surface area contributed by atoms with E-state index in [1.807, 2.05) is 24.3 Å². The Labute approximate surface area is 120 Å². The topological polar surface area (TPSA) is 35.2 Å². The van der Waals surface area contributed by atoms with Gasteiger partial charge in [0.2, 0.25) is 0 Å². The number of ether oxygens (including phenoxy) is 1. The maximum Gasteiger partial charge on any atom is 0.0871 e. The van der Waals surface area contributed by atoms with Crippen molar-refractivity contribution < 1.29 is 4.74 Å². The predicted molar refractivity (Wildman–Crippen MR) is 85.3 cm³/mol. The normalized spacial score (nSPS) is 23.4. The fraction of sp³-hybridized carbons (Fsp3) is 0.222. The third-order valence-electron chi connectivity index (χ3n) is 3.46. The first-order valence-electron chi connectivity index (χ1n) is 6.86. The van der Waals surface area contributed by atoms with Crippen LogP contribution >= 0.6 is 0 Å². The van der Waals surface area contributed by atoms with Crippen LogP contribution in [0, 0.1) is 0 Å². The molecule has 1 aromatic carbocycles. The molecule has 104 valence electrons. The fourth-order valence-electron chi connectivity index (χ4n) is 2.43. The largest absolute Gasteiger partial charge is 0.372 e. The molecule has 0 bridgehead atoms. The van der Waals surface area contributed by atoms with Crippen molar-refractivity contribution in [2.75, 3.05) is 13.2 Å². The van der Waals surface area contributed by atoms with Gasteiger partial charge in [0.05, 0.1) is 12.7 Å². The third kappa shape index (κ3) is 3.16. The molecule has 1 aliphatic rings. The monoisotopic (exact) mass is 267 g/mol. The molecule has 0 aliphatic heterocycles. The Bertz CT molecular complexity index is 554. The van der Waals surface area contributed by atoms with Crippen molar-refractivity contribution in [2.24, 2.45) is 5.73 Å². The van der Waals surface area contributed by atoms with Gasteiger partial charge in [-0.05, 0) is 22.3 Å². The lowest BCUT2D eigenvalue weighted by atomic mass is 9.91. The van der Waals surface area contributed by atoms with Crippen molar-refractivity contribution in [3.05, 3.63) is 77.9 Å². The minimum atomic E-state index is 0.00245. The second-order valence-electron chi connectivity index (χ2n) is 4.70. The van der Waals surface area contributed by atoms with Gasteiger partial charge in [0, 0.05) is 13.0 Å². The zero-order valence-corrected chi connectivity index (χ0v) is 11.7. The number of hydrogen-bond donors (Lipinski definition) is 1. The lowest BCUT2D eigenvalue weighted by Crippen LogP contribution is -2.14. The molecule has 0 saturated heterocycles. The van der Waals surface area contributed by atoms with Gasteiger partial charge >= 0.3 is 0 Å². The summed E-state index contributed by atoms with van der Waals surface area (Å²) in [5.41, 5.74) is 10.2. The average molecular weight is 267 g/mol. The van der Waals surface area contributed by atoms with Gasteiger partial charge in [-0.15, -0.1) is 0 Å². The SMILES string of the molecule is C=CC1=C(\C=C)CC(OCCN)c2ccccc2/C=C\1. The third-order valence-corrected chi connectivity index (χ3v) is 3.46. The number of rotatable bonds is 5. The van der Waals surface area contributed by atoms with Gasteiger partial charge in [-0.25, -0.2) is 0 Å². The van der Waals surface area contributed by atoms with Crippen LogP contribution in [0.4, 0.5) is 0 Å². The smallest absolute Gasteiger partial charge is 0.0871 e. The van der Waals surface area contributed by atoms with Crippen molar-refractivity contribution in [1.82, 2.24) is 0 Å². The van der Waals surface area contributed by atoms with Crippen molar-refractivity contribution >= 4 is 6.08 Å². The van der Waals surface area contributed by atoms with Crippen LogP contribution in [0.1, 0.15) is 23.7 Å². The highest BCUT2D eigenvalue weighted by molar-refractivity contribution is 5.61. The summed E-state index contributed by atoms with van der Waals surface area (Å²) in [6, 6.07) is 8.29. The van der Waals surface area contributed by atoms with Crippen molar-refractivity contribution in [3.63, 3.8) is 0 Å². The number of benzene rings is 1. The molecule has 0 aromatic heterocycles. The van der Waals surface area contributed by atoms with Crippen LogP contribution in [0.2, 0.25) is 0 Å². The molecule has 1 unspecified atom stereocenters. The Balaban J connectivity index is 2.46. The van der Waals surface area contributed by atoms with E-state index < -0.39 is 0 Å². The first kappa shape index (κ1) is 14.5. The second kappa shape index (κ2) is 7.04. The van der Waals surface area contributed by atoms with E-state index in [0.717, 1.165) is 17.6 Å². The van der Waals surface area contributed by atoms with E-state index in [1.54, 1.807) is 0 Å². The van der Waals surface area contributed by atoms with E-state index >= 15 is 0 Å². The summed E-state index contributed by atoms with van der Waals surface area (Å²) < 4.78 is 5.94. The lowest BCUT2D eigenvalue weighted by molar-refractivity contribution is 0.0588. The van der Waals surface area contributed by atoms with E-state index in [2.05, 4.69) is 37.4 Å². The minimum Gasteiger partial charge on any atom is -0.372 e. The Kier molecular flexibility index (Phi) is 5.10. The van der Waals surface area contributed by atoms with Gasteiger partial charge in [0.1, 0.15) is 0 Å². The molecular formula is C18H21NO. The summed E-state index contributed by atoms with van der Waals surface area (Å²) >= 11 is 0. The minimum absolute atomic E-state index is 0.00245. The van der Waals surface area contributed by atoms with E-state index in [0.29, 0.717) is 13.2 Å². The van der Waals surface area contributed by atoms with Gasteiger partial charge in [0.15, 0.2) is 0 Å². The summed E-state index contributed by atoms with van der Waals surface area (Å²) in [7, 11) is 0. The van der Waals surface area contributed by atoms with Crippen molar-refractivity contribution in [3.8, 4) is 0 Å². The summed E-state index contributed by atoms with van der Waals surface area (Å²) in [5, 5.41) is 0. The van der Waals surface area contributed by atoms with Crippen molar-refractivity contribution in [2.45, 2.75) is 12.5 Å². The number of nitrogens with two attached hydrogens (primary N) is 1. The molecule has 2 rings (SSSR count). The van der Waals surface area contributed by atoms with E-state index in [1.165, 1.54) is 11.1 Å². The molecule has 1 aromatic rings. The molecule has 0 heterocycles. The summed E-state index contributed by atoms with van der Waals surface area (Å²) in [4.78, 5) is 0. The molecule has 0 spiro atoms. The van der Waals surface area contributed by atoms with Crippen LogP contribution in [0.25, 0.3) is 6.08 Å². The summed E-state index contributed by atoms with van der Waals surface area (Å²) in [6.45, 7) is 8.86. The number of allylic oxidation sites excluding steroid dienone is 4. The van der Waals surface area contributed by atoms with Gasteiger partial charge in [0.25, 0.3) is 0 Å². The van der Waals surface area contributed by atoms with E-state index in [-0.39, 0.29) is 6.10 Å². The summed E-state index contributed by atoms with van der Waals surface area (Å²) in [6.07, 6.45) is 8.72. The molecule has 1 aliphatic carbocycles. The molecule has 2 heteroatoms. The Morgan fingerprint density at radius 1 is 1.20 bits per heavy atom. The Morgan fingerprint density at radius 3 is 2.70 bits per heavy atom. The standard InChI is InChI=1S/C18H21NO/c1-3-14-9-10-16-7-5-6-8-17(16)18(20-12-11-19)13-15(14)4-2/h3-10,18H,1-2,11-13,19H2/b10-9-,15-14-. The number of fused-ring (bicyclic) bond motifs is 1. The zero-order chi connectivity index (χ0) is 14.4. The van der Waals surface area contributed by atoms with Gasteiger partial charge in [-0.3, -0.25) is 0 Å². The molecular weight excluding hydrogens is 246 g/mol. The molecule has 0 amide bonds. The zero-order valence-electron chi connectivity index (χ0n) is 11.7. The van der Waals surface area contributed by atoms with Crippen LogP contribution in [0.3, 0.4) is 0 Å². The molecule has 0 fully saturated rings. The molecule has 20 heavy (non-hydrogen) atoms. The Hall–Kier alpha value is -1.90. The fourth-order valence-corrected chi connectivity index (χ4v) is 2.43. The van der Waals surface area contributed by atoms with Crippen LogP contribution in [-0.4, -0.2) is 13.2 Å². The quantitative estimate of drug-likeness (QED) is 0.881.